The fourth-order valence-electron chi connectivity index (χ4n) is 2.86. The zero-order valence-electron chi connectivity index (χ0n) is 20.0. The van der Waals surface area contributed by atoms with Gasteiger partial charge in [0, 0.05) is 13.0 Å². The summed E-state index contributed by atoms with van der Waals surface area (Å²) < 4.78 is 17.1. The monoisotopic (exact) mass is 444 g/mol. The van der Waals surface area contributed by atoms with E-state index in [9.17, 15) is 9.59 Å². The molecule has 174 valence electrons. The lowest BCUT2D eigenvalue weighted by Crippen LogP contribution is -2.64. The lowest BCUT2D eigenvalue weighted by Gasteiger charge is -2.47. The summed E-state index contributed by atoms with van der Waals surface area (Å²) in [6.45, 7) is 20.3. The maximum Gasteiger partial charge on any atom is 0.411 e. The van der Waals surface area contributed by atoms with Gasteiger partial charge in [-0.05, 0) is 38.9 Å². The predicted octanol–water partition coefficient (Wildman–Crippen LogP) is 3.64. The summed E-state index contributed by atoms with van der Waals surface area (Å²) in [5.74, 6) is -0.491. The first-order valence-corrected chi connectivity index (χ1v) is 13.3. The van der Waals surface area contributed by atoms with Crippen molar-refractivity contribution in [2.75, 3.05) is 20.3 Å². The number of methoxy groups -OCH3 is 1. The highest BCUT2D eigenvalue weighted by Gasteiger charge is 2.48. The summed E-state index contributed by atoms with van der Waals surface area (Å²) in [5.41, 5.74) is 2.31. The number of nitrogens with one attached hydrogen (secondary N) is 1. The van der Waals surface area contributed by atoms with Crippen molar-refractivity contribution in [3.8, 4) is 0 Å². The molecule has 0 spiro atoms. The third-order valence-electron chi connectivity index (χ3n) is 5.46. The summed E-state index contributed by atoms with van der Waals surface area (Å²) in [4.78, 5) is 32.3. The van der Waals surface area contributed by atoms with Crippen molar-refractivity contribution in [2.45, 2.75) is 89.9 Å². The van der Waals surface area contributed by atoms with Gasteiger partial charge in [-0.3, -0.25) is 9.74 Å². The number of likely N-dealkylation sites (tertiary alicyclic amines) is 1. The van der Waals surface area contributed by atoms with Gasteiger partial charge < -0.3 is 13.9 Å². The van der Waals surface area contributed by atoms with Crippen LogP contribution in [0.4, 0.5) is 4.79 Å². The summed E-state index contributed by atoms with van der Waals surface area (Å²) in [5, 5.41) is -0.0113. The van der Waals surface area contributed by atoms with Crippen LogP contribution in [0.1, 0.15) is 48.0 Å². The topological polar surface area (TPSA) is 86.3 Å². The summed E-state index contributed by atoms with van der Waals surface area (Å²) in [6, 6.07) is -1.13. The minimum atomic E-state index is -2.15. The van der Waals surface area contributed by atoms with Crippen LogP contribution in [0.15, 0.2) is 12.7 Å². The molecule has 8 nitrogen and oxygen atoms in total. The van der Waals surface area contributed by atoms with Crippen LogP contribution in [-0.4, -0.2) is 69.3 Å². The lowest BCUT2D eigenvalue weighted by molar-refractivity contribution is -0.152. The number of nitrogens with zero attached hydrogens (tertiary/aromatic N) is 1. The molecule has 1 unspecified atom stereocenters. The molecule has 0 bridgehead atoms. The van der Waals surface area contributed by atoms with Gasteiger partial charge in [0.05, 0.1) is 25.9 Å². The fourth-order valence-corrected chi connectivity index (χ4v) is 4.23. The number of hydrogen-bond donors (Lipinski definition) is 1. The molecule has 0 aliphatic carbocycles. The lowest BCUT2D eigenvalue weighted by atomic mass is 9.96. The van der Waals surface area contributed by atoms with E-state index in [4.69, 9.17) is 18.7 Å². The molecule has 1 aliphatic heterocycles. The molecular weight excluding hydrogens is 404 g/mol. The van der Waals surface area contributed by atoms with Crippen LogP contribution in [0, 0.1) is 0 Å². The first-order chi connectivity index (χ1) is 13.6. The maximum absolute atomic E-state index is 12.9. The Balaban J connectivity index is 3.20. The molecule has 30 heavy (non-hydrogen) atoms. The molecule has 1 heterocycles. The van der Waals surface area contributed by atoms with Crippen molar-refractivity contribution in [3.63, 3.8) is 0 Å². The average molecular weight is 445 g/mol. The van der Waals surface area contributed by atoms with Gasteiger partial charge in [0.25, 0.3) is 0 Å². The second-order valence-corrected chi connectivity index (χ2v) is 14.9. The SMILES string of the molecule is C=CCON[C@H]1CN(C(=O)OC(C)(C)C)[C@H](C(=O)OC)CC1O[Si](C)(C)C(C)(C)C. The molecule has 3 atom stereocenters. The van der Waals surface area contributed by atoms with Gasteiger partial charge in [-0.2, -0.15) is 5.48 Å². The van der Waals surface area contributed by atoms with E-state index >= 15 is 0 Å². The van der Waals surface area contributed by atoms with E-state index in [1.165, 1.54) is 12.0 Å². The van der Waals surface area contributed by atoms with Gasteiger partial charge >= 0.3 is 12.1 Å². The molecule has 1 amide bonds. The highest BCUT2D eigenvalue weighted by atomic mass is 28.4. The van der Waals surface area contributed by atoms with Crippen LogP contribution in [0.2, 0.25) is 18.1 Å². The van der Waals surface area contributed by atoms with Gasteiger partial charge in [0.2, 0.25) is 0 Å². The van der Waals surface area contributed by atoms with E-state index in [1.807, 2.05) is 0 Å². The summed E-state index contributed by atoms with van der Waals surface area (Å²) in [6.07, 6.45) is 1.01. The van der Waals surface area contributed by atoms with Crippen molar-refractivity contribution in [1.29, 1.82) is 0 Å². The van der Waals surface area contributed by atoms with Crippen molar-refractivity contribution >= 4 is 20.4 Å². The van der Waals surface area contributed by atoms with E-state index in [-0.39, 0.29) is 30.1 Å². The number of hydroxylamine groups is 1. The molecule has 0 saturated carbocycles. The number of hydrogen-bond acceptors (Lipinski definition) is 7. The third-order valence-corrected chi connectivity index (χ3v) is 9.97. The van der Waals surface area contributed by atoms with E-state index in [2.05, 4.69) is 45.9 Å². The van der Waals surface area contributed by atoms with Gasteiger partial charge in [0.1, 0.15) is 11.6 Å². The Morgan fingerprint density at radius 3 is 2.27 bits per heavy atom. The first-order valence-electron chi connectivity index (χ1n) is 10.4. The van der Waals surface area contributed by atoms with Crippen LogP contribution in [-0.2, 0) is 23.5 Å². The quantitative estimate of drug-likeness (QED) is 0.211. The average Bonchev–Trinajstić information content (AvgIpc) is 2.59. The number of amides is 1. The molecule has 0 radical (unpaired) electrons. The van der Waals surface area contributed by atoms with E-state index in [0.29, 0.717) is 6.61 Å². The van der Waals surface area contributed by atoms with Gasteiger partial charge in [-0.1, -0.05) is 26.8 Å². The second-order valence-electron chi connectivity index (χ2n) is 10.1. The van der Waals surface area contributed by atoms with Crippen LogP contribution in [0.5, 0.6) is 0 Å². The smallest absolute Gasteiger partial charge is 0.411 e. The van der Waals surface area contributed by atoms with Crippen LogP contribution >= 0.6 is 0 Å². The van der Waals surface area contributed by atoms with Gasteiger partial charge in [0.15, 0.2) is 8.32 Å². The largest absolute Gasteiger partial charge is 0.467 e. The van der Waals surface area contributed by atoms with Crippen LogP contribution < -0.4 is 5.48 Å². The van der Waals surface area contributed by atoms with Gasteiger partial charge in [-0.15, -0.1) is 6.58 Å². The molecule has 1 N–H and O–H groups in total. The fraction of sp³-hybridized carbons (Fsp3) is 0.810. The number of ether oxygens (including phenoxy) is 2. The number of rotatable bonds is 7. The predicted molar refractivity (Wildman–Crippen MR) is 119 cm³/mol. The molecule has 1 aliphatic rings. The summed E-state index contributed by atoms with van der Waals surface area (Å²) >= 11 is 0. The van der Waals surface area contributed by atoms with Crippen molar-refractivity contribution in [3.05, 3.63) is 12.7 Å². The van der Waals surface area contributed by atoms with E-state index in [1.54, 1.807) is 26.8 Å². The van der Waals surface area contributed by atoms with Gasteiger partial charge in [-0.25, -0.2) is 9.59 Å². The Morgan fingerprint density at radius 1 is 1.20 bits per heavy atom. The number of esters is 1. The normalized spacial score (nSPS) is 23.1. The minimum absolute atomic E-state index is 0.0113. The Bertz CT molecular complexity index is 612. The number of carbonyl (C=O) groups is 2. The molecule has 0 aromatic carbocycles. The highest BCUT2D eigenvalue weighted by molar-refractivity contribution is 6.74. The van der Waals surface area contributed by atoms with Crippen molar-refractivity contribution in [1.82, 2.24) is 10.4 Å². The molecule has 1 saturated heterocycles. The Morgan fingerprint density at radius 2 is 1.80 bits per heavy atom. The Kier molecular flexibility index (Phi) is 9.10. The van der Waals surface area contributed by atoms with Crippen LogP contribution in [0.3, 0.4) is 0 Å². The second kappa shape index (κ2) is 10.3. The first kappa shape index (κ1) is 26.6. The Hall–Kier alpha value is -1.42. The molecule has 1 rings (SSSR count). The molecule has 9 heteroatoms. The zero-order chi connectivity index (χ0) is 23.3. The molecule has 0 aromatic heterocycles. The number of piperidine rings is 1. The summed E-state index contributed by atoms with van der Waals surface area (Å²) in [7, 11) is -0.830. The van der Waals surface area contributed by atoms with Crippen molar-refractivity contribution < 1.29 is 28.3 Å². The maximum atomic E-state index is 12.9. The zero-order valence-corrected chi connectivity index (χ0v) is 21.0. The molecule has 1 fully saturated rings. The molecule has 0 aromatic rings. The van der Waals surface area contributed by atoms with E-state index < -0.39 is 32.0 Å². The Labute approximate surface area is 182 Å². The number of carbonyl (C=O) groups excluding carboxylic acids is 2. The van der Waals surface area contributed by atoms with Crippen molar-refractivity contribution in [2.24, 2.45) is 0 Å². The highest BCUT2D eigenvalue weighted by Crippen LogP contribution is 2.39. The standard InChI is InChI=1S/C21H40N2O6Si/c1-11-12-27-22-15-14-23(19(25)28-20(2,3)4)16(18(24)26-8)13-17(15)29-30(9,10)21(5,6)7/h11,15-17,22H,1,12-14H2,2-10H3/t15-,16-,17?/m0/s1. The van der Waals surface area contributed by atoms with E-state index in [0.717, 1.165) is 0 Å². The van der Waals surface area contributed by atoms with Crippen LogP contribution in [0.25, 0.3) is 0 Å². The molecular formula is C21H40N2O6Si. The minimum Gasteiger partial charge on any atom is -0.467 e. The third kappa shape index (κ3) is 7.37.